The number of imidazole rings is 1. The van der Waals surface area contributed by atoms with Crippen molar-refractivity contribution in [2.45, 2.75) is 6.54 Å². The van der Waals surface area contributed by atoms with E-state index in [1.165, 1.54) is 12.1 Å². The first-order valence-electron chi connectivity index (χ1n) is 9.46. The van der Waals surface area contributed by atoms with E-state index in [9.17, 15) is 9.18 Å². The Kier molecular flexibility index (Phi) is 5.67. The molecule has 2 heterocycles. The minimum Gasteiger partial charge on any atom is -0.395 e. The van der Waals surface area contributed by atoms with Crippen LogP contribution in [0, 0.1) is 5.82 Å². The number of anilines is 1. The number of hydrogen-bond donors (Lipinski definition) is 3. The number of nitrogens with zero attached hydrogens (tertiary/aromatic N) is 3. The molecule has 0 bridgehead atoms. The van der Waals surface area contributed by atoms with Gasteiger partial charge in [-0.3, -0.25) is 4.79 Å². The highest BCUT2D eigenvalue weighted by atomic mass is 19.1. The van der Waals surface area contributed by atoms with Crippen molar-refractivity contribution in [3.63, 3.8) is 0 Å². The Bertz CT molecular complexity index is 1170. The molecule has 152 valence electrons. The molecule has 2 aromatic carbocycles. The summed E-state index contributed by atoms with van der Waals surface area (Å²) in [6.07, 6.45) is 1.71. The van der Waals surface area contributed by atoms with Crippen molar-refractivity contribution in [3.05, 3.63) is 83.8 Å². The minimum atomic E-state index is -0.270. The number of fused-ring (bicyclic) bond motifs is 1. The highest BCUT2D eigenvalue weighted by Crippen LogP contribution is 2.22. The first-order valence-corrected chi connectivity index (χ1v) is 9.46. The maximum atomic E-state index is 13.1. The first-order chi connectivity index (χ1) is 14.6. The Morgan fingerprint density at radius 2 is 1.93 bits per heavy atom. The summed E-state index contributed by atoms with van der Waals surface area (Å²) >= 11 is 0. The Morgan fingerprint density at radius 1 is 1.10 bits per heavy atom. The summed E-state index contributed by atoms with van der Waals surface area (Å²) < 4.78 is 14.8. The molecule has 0 saturated heterocycles. The number of halogens is 1. The van der Waals surface area contributed by atoms with Crippen LogP contribution < -0.4 is 10.6 Å². The van der Waals surface area contributed by atoms with Crippen molar-refractivity contribution < 1.29 is 14.3 Å². The highest BCUT2D eigenvalue weighted by molar-refractivity contribution is 5.95. The standard InChI is InChI=1S/C22H20FN5O2/c23-18-6-4-15(5-7-18)13-25-20-8-9-21-26-14-19(28(21)27-20)16-2-1-3-17(12-16)22(30)24-10-11-29/h1-9,12,14,29H,10-11,13H2,(H,24,30)(H,25,27). The Balaban J connectivity index is 1.58. The van der Waals surface area contributed by atoms with Gasteiger partial charge in [0.15, 0.2) is 5.65 Å². The number of aliphatic hydroxyl groups excluding tert-OH is 1. The van der Waals surface area contributed by atoms with Crippen molar-refractivity contribution in [1.82, 2.24) is 19.9 Å². The molecule has 0 fully saturated rings. The predicted molar refractivity (Wildman–Crippen MR) is 112 cm³/mol. The second-order valence-corrected chi connectivity index (χ2v) is 6.67. The lowest BCUT2D eigenvalue weighted by atomic mass is 10.1. The maximum Gasteiger partial charge on any atom is 0.251 e. The minimum absolute atomic E-state index is 0.115. The lowest BCUT2D eigenvalue weighted by molar-refractivity contribution is 0.0945. The molecular formula is C22H20FN5O2. The number of carbonyl (C=O) groups excluding carboxylic acids is 1. The van der Waals surface area contributed by atoms with Crippen molar-refractivity contribution >= 4 is 17.4 Å². The smallest absolute Gasteiger partial charge is 0.251 e. The number of hydrogen-bond acceptors (Lipinski definition) is 5. The van der Waals surface area contributed by atoms with Crippen LogP contribution in [0.1, 0.15) is 15.9 Å². The molecule has 0 aliphatic heterocycles. The van der Waals surface area contributed by atoms with Crippen molar-refractivity contribution in [2.24, 2.45) is 0 Å². The molecule has 4 aromatic rings. The number of carbonyl (C=O) groups is 1. The average Bonchev–Trinajstić information content (AvgIpc) is 3.20. The highest BCUT2D eigenvalue weighted by Gasteiger charge is 2.11. The first kappa shape index (κ1) is 19.5. The SMILES string of the molecule is O=C(NCCO)c1cccc(-c2cnc3ccc(NCc4ccc(F)cc4)nn23)c1. The predicted octanol–water partition coefficient (Wildman–Crippen LogP) is 2.87. The molecule has 8 heteroatoms. The second kappa shape index (κ2) is 8.71. The van der Waals surface area contributed by atoms with Gasteiger partial charge in [-0.05, 0) is 42.0 Å². The normalized spacial score (nSPS) is 10.9. The fourth-order valence-electron chi connectivity index (χ4n) is 3.05. The van der Waals surface area contributed by atoms with Gasteiger partial charge in [0.25, 0.3) is 5.91 Å². The van der Waals surface area contributed by atoms with Gasteiger partial charge in [-0.2, -0.15) is 0 Å². The number of aromatic nitrogens is 3. The quantitative estimate of drug-likeness (QED) is 0.440. The third-order valence-corrected chi connectivity index (χ3v) is 4.57. The maximum absolute atomic E-state index is 13.1. The molecule has 3 N–H and O–H groups in total. The van der Waals surface area contributed by atoms with Crippen LogP contribution in [0.4, 0.5) is 10.2 Å². The van der Waals surface area contributed by atoms with Gasteiger partial charge >= 0.3 is 0 Å². The fourth-order valence-corrected chi connectivity index (χ4v) is 3.05. The van der Waals surface area contributed by atoms with Crippen LogP contribution in [0.2, 0.25) is 0 Å². The summed E-state index contributed by atoms with van der Waals surface area (Å²) in [4.78, 5) is 16.6. The van der Waals surface area contributed by atoms with Gasteiger partial charge in [-0.15, -0.1) is 5.10 Å². The van der Waals surface area contributed by atoms with Crippen molar-refractivity contribution in [3.8, 4) is 11.3 Å². The zero-order valence-electron chi connectivity index (χ0n) is 16.0. The monoisotopic (exact) mass is 405 g/mol. The van der Waals surface area contributed by atoms with E-state index in [0.29, 0.717) is 23.6 Å². The van der Waals surface area contributed by atoms with Gasteiger partial charge in [0.05, 0.1) is 18.5 Å². The van der Waals surface area contributed by atoms with E-state index < -0.39 is 0 Å². The summed E-state index contributed by atoms with van der Waals surface area (Å²) in [6, 6.07) is 17.1. The summed E-state index contributed by atoms with van der Waals surface area (Å²) in [6.45, 7) is 0.586. The Morgan fingerprint density at radius 3 is 2.73 bits per heavy atom. The fraction of sp³-hybridized carbons (Fsp3) is 0.136. The lowest BCUT2D eigenvalue weighted by Crippen LogP contribution is -2.26. The van der Waals surface area contributed by atoms with E-state index in [1.54, 1.807) is 41.0 Å². The van der Waals surface area contributed by atoms with Gasteiger partial charge < -0.3 is 15.7 Å². The van der Waals surface area contributed by atoms with E-state index in [2.05, 4.69) is 20.7 Å². The van der Waals surface area contributed by atoms with E-state index in [0.717, 1.165) is 16.8 Å². The molecule has 0 atom stereocenters. The molecule has 0 radical (unpaired) electrons. The zero-order valence-corrected chi connectivity index (χ0v) is 16.0. The van der Waals surface area contributed by atoms with E-state index in [-0.39, 0.29) is 24.9 Å². The summed E-state index contributed by atoms with van der Waals surface area (Å²) in [7, 11) is 0. The Hall–Kier alpha value is -3.78. The van der Waals surface area contributed by atoms with Crippen molar-refractivity contribution in [1.29, 1.82) is 0 Å². The van der Waals surface area contributed by atoms with E-state index in [1.807, 2.05) is 18.2 Å². The lowest BCUT2D eigenvalue weighted by Gasteiger charge is -2.08. The van der Waals surface area contributed by atoms with Crippen LogP contribution in [0.25, 0.3) is 16.9 Å². The molecule has 0 aliphatic carbocycles. The number of benzene rings is 2. The summed E-state index contributed by atoms with van der Waals surface area (Å²) in [5, 5.41) is 19.4. The molecule has 0 unspecified atom stereocenters. The van der Waals surface area contributed by atoms with Crippen LogP contribution in [-0.4, -0.2) is 38.8 Å². The van der Waals surface area contributed by atoms with E-state index in [4.69, 9.17) is 5.11 Å². The van der Waals surface area contributed by atoms with Crippen LogP contribution in [-0.2, 0) is 6.54 Å². The molecule has 0 saturated carbocycles. The van der Waals surface area contributed by atoms with Crippen LogP contribution >= 0.6 is 0 Å². The molecule has 7 nitrogen and oxygen atoms in total. The molecule has 30 heavy (non-hydrogen) atoms. The van der Waals surface area contributed by atoms with Crippen LogP contribution in [0.5, 0.6) is 0 Å². The second-order valence-electron chi connectivity index (χ2n) is 6.67. The van der Waals surface area contributed by atoms with Crippen LogP contribution in [0.15, 0.2) is 66.9 Å². The molecule has 4 rings (SSSR count). The topological polar surface area (TPSA) is 91.5 Å². The summed E-state index contributed by atoms with van der Waals surface area (Å²) in [5.41, 5.74) is 3.63. The third kappa shape index (κ3) is 4.28. The third-order valence-electron chi connectivity index (χ3n) is 4.57. The molecular weight excluding hydrogens is 385 g/mol. The van der Waals surface area contributed by atoms with Crippen molar-refractivity contribution in [2.75, 3.05) is 18.5 Å². The molecule has 1 amide bonds. The molecule has 0 aliphatic rings. The largest absolute Gasteiger partial charge is 0.395 e. The number of nitrogens with one attached hydrogen (secondary N) is 2. The Labute approximate surface area is 172 Å². The van der Waals surface area contributed by atoms with Gasteiger partial charge in [-0.1, -0.05) is 24.3 Å². The molecule has 2 aromatic heterocycles. The van der Waals surface area contributed by atoms with E-state index >= 15 is 0 Å². The number of amides is 1. The average molecular weight is 405 g/mol. The van der Waals surface area contributed by atoms with Crippen LogP contribution in [0.3, 0.4) is 0 Å². The van der Waals surface area contributed by atoms with Gasteiger partial charge in [0.2, 0.25) is 0 Å². The number of rotatable bonds is 7. The summed E-state index contributed by atoms with van der Waals surface area (Å²) in [5.74, 6) is 0.117. The zero-order chi connectivity index (χ0) is 20.9. The van der Waals surface area contributed by atoms with Gasteiger partial charge in [-0.25, -0.2) is 13.9 Å². The van der Waals surface area contributed by atoms with Gasteiger partial charge in [0.1, 0.15) is 11.6 Å². The molecule has 0 spiro atoms. The number of aliphatic hydroxyl groups is 1. The van der Waals surface area contributed by atoms with Gasteiger partial charge in [0, 0.05) is 24.2 Å².